The van der Waals surface area contributed by atoms with Crippen LogP contribution < -0.4 is 4.74 Å². The fraction of sp³-hybridized carbons (Fsp3) is 0.278. The van der Waals surface area contributed by atoms with E-state index in [0.29, 0.717) is 17.0 Å². The molecule has 1 saturated heterocycles. The van der Waals surface area contributed by atoms with Crippen molar-refractivity contribution in [1.29, 1.82) is 0 Å². The van der Waals surface area contributed by atoms with Gasteiger partial charge in [0.1, 0.15) is 5.82 Å². The molecule has 1 aliphatic rings. The predicted octanol–water partition coefficient (Wildman–Crippen LogP) is 2.17. The summed E-state index contributed by atoms with van der Waals surface area (Å²) in [6, 6.07) is 8.92. The van der Waals surface area contributed by atoms with Crippen LogP contribution in [0.1, 0.15) is 21.8 Å². The molecule has 0 spiro atoms. The van der Waals surface area contributed by atoms with Crippen molar-refractivity contribution in [2.24, 2.45) is 5.92 Å². The highest BCUT2D eigenvalue weighted by atomic mass is 19.1. The number of amides is 1. The van der Waals surface area contributed by atoms with Crippen molar-refractivity contribution in [3.05, 3.63) is 59.5 Å². The molecule has 1 N–H and O–H groups in total. The van der Waals surface area contributed by atoms with Crippen LogP contribution in [0.15, 0.2) is 42.6 Å². The topological polar surface area (TPSA) is 79.7 Å². The van der Waals surface area contributed by atoms with Crippen molar-refractivity contribution < 1.29 is 23.8 Å². The maximum atomic E-state index is 13.5. The third kappa shape index (κ3) is 3.45. The number of nitrogens with zero attached hydrogens (tertiary/aromatic N) is 2. The van der Waals surface area contributed by atoms with Crippen LogP contribution in [0.25, 0.3) is 0 Å². The molecule has 0 bridgehead atoms. The molecule has 6 nitrogen and oxygen atoms in total. The number of aromatic nitrogens is 1. The lowest BCUT2D eigenvalue weighted by Gasteiger charge is -2.17. The van der Waals surface area contributed by atoms with Gasteiger partial charge in [-0.3, -0.25) is 9.59 Å². The van der Waals surface area contributed by atoms with Gasteiger partial charge in [-0.05, 0) is 23.8 Å². The molecule has 0 saturated carbocycles. The van der Waals surface area contributed by atoms with E-state index < -0.39 is 23.6 Å². The highest BCUT2D eigenvalue weighted by Gasteiger charge is 2.40. The molecule has 2 atom stereocenters. The molecule has 25 heavy (non-hydrogen) atoms. The van der Waals surface area contributed by atoms with Gasteiger partial charge in [-0.25, -0.2) is 9.37 Å². The van der Waals surface area contributed by atoms with Gasteiger partial charge in [-0.15, -0.1) is 0 Å². The first kappa shape index (κ1) is 16.9. The van der Waals surface area contributed by atoms with Crippen molar-refractivity contribution in [2.75, 3.05) is 20.2 Å². The molecule has 0 radical (unpaired) electrons. The number of ether oxygens (including phenoxy) is 1. The zero-order chi connectivity index (χ0) is 18.0. The highest BCUT2D eigenvalue weighted by molar-refractivity contribution is 5.95. The number of carboxylic acids is 1. The van der Waals surface area contributed by atoms with E-state index in [-0.39, 0.29) is 19.0 Å². The Bertz CT molecular complexity index is 811. The Hall–Kier alpha value is -2.96. The van der Waals surface area contributed by atoms with Crippen molar-refractivity contribution in [2.45, 2.75) is 5.92 Å². The first-order valence-electron chi connectivity index (χ1n) is 7.77. The fourth-order valence-corrected chi connectivity index (χ4v) is 3.13. The maximum absolute atomic E-state index is 13.5. The normalized spacial score (nSPS) is 19.7. The van der Waals surface area contributed by atoms with E-state index in [9.17, 15) is 19.1 Å². The first-order chi connectivity index (χ1) is 12.0. The minimum absolute atomic E-state index is 0.0694. The number of hydrogen-bond donors (Lipinski definition) is 1. The Kier molecular flexibility index (Phi) is 4.65. The number of hydrogen-bond acceptors (Lipinski definition) is 4. The summed E-state index contributed by atoms with van der Waals surface area (Å²) >= 11 is 0. The summed E-state index contributed by atoms with van der Waals surface area (Å²) in [6.45, 7) is 0.282. The number of halogens is 1. The van der Waals surface area contributed by atoms with Crippen LogP contribution in [0.2, 0.25) is 0 Å². The summed E-state index contributed by atoms with van der Waals surface area (Å²) in [5, 5.41) is 9.50. The van der Waals surface area contributed by atoms with E-state index in [0.717, 1.165) is 0 Å². The molecule has 3 rings (SSSR count). The molecule has 1 fully saturated rings. The van der Waals surface area contributed by atoms with Crippen LogP contribution in [0.3, 0.4) is 0 Å². The number of rotatable bonds is 4. The zero-order valence-corrected chi connectivity index (χ0v) is 13.6. The number of aliphatic carboxylic acids is 1. The van der Waals surface area contributed by atoms with E-state index in [2.05, 4.69) is 4.98 Å². The van der Waals surface area contributed by atoms with Gasteiger partial charge in [0.2, 0.25) is 5.88 Å². The molecule has 7 heteroatoms. The minimum Gasteiger partial charge on any atom is -0.481 e. The molecule has 130 valence electrons. The molecule has 0 aliphatic carbocycles. The zero-order valence-electron chi connectivity index (χ0n) is 13.6. The minimum atomic E-state index is -1.00. The third-order valence-electron chi connectivity index (χ3n) is 4.39. The van der Waals surface area contributed by atoms with E-state index in [4.69, 9.17) is 4.74 Å². The van der Waals surface area contributed by atoms with E-state index >= 15 is 0 Å². The quantitative estimate of drug-likeness (QED) is 0.919. The largest absolute Gasteiger partial charge is 0.481 e. The summed E-state index contributed by atoms with van der Waals surface area (Å²) in [4.78, 5) is 29.7. The van der Waals surface area contributed by atoms with Gasteiger partial charge < -0.3 is 14.7 Å². The Morgan fingerprint density at radius 2 is 2.08 bits per heavy atom. The number of carbonyl (C=O) groups is 2. The van der Waals surface area contributed by atoms with Gasteiger partial charge in [0, 0.05) is 36.8 Å². The van der Waals surface area contributed by atoms with Crippen LogP contribution in [0, 0.1) is 11.7 Å². The van der Waals surface area contributed by atoms with Gasteiger partial charge in [0.05, 0.1) is 13.0 Å². The van der Waals surface area contributed by atoms with Crippen molar-refractivity contribution >= 4 is 11.9 Å². The molecular formula is C18H17FN2O4. The number of methoxy groups -OCH3 is 1. The van der Waals surface area contributed by atoms with Crippen LogP contribution in [-0.4, -0.2) is 47.1 Å². The lowest BCUT2D eigenvalue weighted by molar-refractivity contribution is -0.141. The van der Waals surface area contributed by atoms with E-state index in [1.807, 2.05) is 0 Å². The summed E-state index contributed by atoms with van der Waals surface area (Å²) in [6.07, 6.45) is 1.46. The molecule has 2 heterocycles. The average molecular weight is 344 g/mol. The Labute approximate surface area is 143 Å². The molecule has 2 unspecified atom stereocenters. The number of carboxylic acid groups (broad SMARTS) is 1. The first-order valence-corrected chi connectivity index (χ1v) is 7.77. The molecule has 1 amide bonds. The number of likely N-dealkylation sites (tertiary alicyclic amines) is 1. The number of carbonyl (C=O) groups excluding carboxylic acids is 1. The summed E-state index contributed by atoms with van der Waals surface area (Å²) in [5.41, 5.74) is 0.950. The fourth-order valence-electron chi connectivity index (χ4n) is 3.13. The second-order valence-corrected chi connectivity index (χ2v) is 5.90. The summed E-state index contributed by atoms with van der Waals surface area (Å²) < 4.78 is 18.5. The maximum Gasteiger partial charge on any atom is 0.308 e. The lowest BCUT2D eigenvalue weighted by atomic mass is 9.89. The van der Waals surface area contributed by atoms with Gasteiger partial charge in [-0.2, -0.15) is 0 Å². The molecule has 1 aliphatic heterocycles. The lowest BCUT2D eigenvalue weighted by Crippen LogP contribution is -2.29. The Morgan fingerprint density at radius 1 is 1.28 bits per heavy atom. The van der Waals surface area contributed by atoms with Crippen LogP contribution in [0.5, 0.6) is 5.88 Å². The summed E-state index contributed by atoms with van der Waals surface area (Å²) in [7, 11) is 1.45. The predicted molar refractivity (Wildman–Crippen MR) is 87.0 cm³/mol. The van der Waals surface area contributed by atoms with Crippen LogP contribution in [0.4, 0.5) is 4.39 Å². The van der Waals surface area contributed by atoms with E-state index in [1.54, 1.807) is 18.2 Å². The molecule has 2 aromatic rings. The number of benzene rings is 1. The average Bonchev–Trinajstić information content (AvgIpc) is 3.07. The smallest absolute Gasteiger partial charge is 0.308 e. The van der Waals surface area contributed by atoms with Gasteiger partial charge in [0.15, 0.2) is 0 Å². The van der Waals surface area contributed by atoms with Gasteiger partial charge >= 0.3 is 5.97 Å². The molecular weight excluding hydrogens is 327 g/mol. The standard InChI is InChI=1S/C18H17FN2O4/c1-25-16-8-12(5-6-20-16)17(22)21-9-14(15(10-21)18(23)24)11-3-2-4-13(19)7-11/h2-8,14-15H,9-10H2,1H3,(H,23,24). The van der Waals surface area contributed by atoms with Crippen LogP contribution >= 0.6 is 0 Å². The van der Waals surface area contributed by atoms with Crippen LogP contribution in [-0.2, 0) is 4.79 Å². The second-order valence-electron chi connectivity index (χ2n) is 5.90. The second kappa shape index (κ2) is 6.88. The van der Waals surface area contributed by atoms with Gasteiger partial charge in [0.25, 0.3) is 5.91 Å². The Morgan fingerprint density at radius 3 is 2.76 bits per heavy atom. The van der Waals surface area contributed by atoms with Crippen molar-refractivity contribution in [3.63, 3.8) is 0 Å². The van der Waals surface area contributed by atoms with Crippen molar-refractivity contribution in [3.8, 4) is 5.88 Å². The summed E-state index contributed by atoms with van der Waals surface area (Å²) in [5.74, 6) is -2.66. The molecule has 1 aromatic heterocycles. The Balaban J connectivity index is 1.86. The van der Waals surface area contributed by atoms with Gasteiger partial charge in [-0.1, -0.05) is 12.1 Å². The SMILES string of the molecule is COc1cc(C(=O)N2CC(C(=O)O)C(c3cccc(F)c3)C2)ccn1. The third-order valence-corrected chi connectivity index (χ3v) is 4.39. The highest BCUT2D eigenvalue weighted by Crippen LogP contribution is 2.34. The number of pyridine rings is 1. The monoisotopic (exact) mass is 344 g/mol. The van der Waals surface area contributed by atoms with E-state index in [1.165, 1.54) is 36.4 Å². The molecule has 1 aromatic carbocycles. The van der Waals surface area contributed by atoms with Crippen molar-refractivity contribution in [1.82, 2.24) is 9.88 Å².